The smallest absolute Gasteiger partial charge is 0.278 e. The molecule has 27 heavy (non-hydrogen) atoms. The molecule has 0 atom stereocenters. The average Bonchev–Trinajstić information content (AvgIpc) is 3.03. The van der Waals surface area contributed by atoms with Crippen molar-refractivity contribution in [2.24, 2.45) is 0 Å². The standard InChI is InChI=1S/C20H21N5O2/c1-12-5-10-17(13(2)11-12)25-23-14(3)18(24-25)20(27)22-16-8-6-15(7-9-16)19(26)21-4/h5-11H,1-4H3,(H,21,26)(H,22,27). The molecule has 1 heterocycles. The molecule has 2 aromatic carbocycles. The van der Waals surface area contributed by atoms with E-state index < -0.39 is 0 Å². The second-order valence-electron chi connectivity index (χ2n) is 6.32. The Morgan fingerprint density at radius 3 is 2.26 bits per heavy atom. The number of aryl methyl sites for hydroxylation is 3. The number of hydrogen-bond acceptors (Lipinski definition) is 4. The number of aromatic nitrogens is 3. The summed E-state index contributed by atoms with van der Waals surface area (Å²) in [6.07, 6.45) is 0. The number of nitrogens with zero attached hydrogens (tertiary/aromatic N) is 3. The number of amides is 2. The zero-order valence-corrected chi connectivity index (χ0v) is 15.7. The highest BCUT2D eigenvalue weighted by molar-refractivity contribution is 6.03. The van der Waals surface area contributed by atoms with Crippen LogP contribution in [-0.4, -0.2) is 33.9 Å². The van der Waals surface area contributed by atoms with Gasteiger partial charge in [-0.05, 0) is 56.7 Å². The monoisotopic (exact) mass is 363 g/mol. The molecule has 0 saturated carbocycles. The quantitative estimate of drug-likeness (QED) is 0.746. The lowest BCUT2D eigenvalue weighted by atomic mass is 10.1. The molecule has 138 valence electrons. The van der Waals surface area contributed by atoms with E-state index in [4.69, 9.17) is 0 Å². The molecule has 7 nitrogen and oxygen atoms in total. The second kappa shape index (κ2) is 7.41. The number of hydrogen-bond donors (Lipinski definition) is 2. The molecule has 3 rings (SSSR count). The van der Waals surface area contributed by atoms with E-state index in [-0.39, 0.29) is 17.5 Å². The lowest BCUT2D eigenvalue weighted by Crippen LogP contribution is -2.18. The molecule has 0 saturated heterocycles. The summed E-state index contributed by atoms with van der Waals surface area (Å²) in [5.74, 6) is -0.531. The van der Waals surface area contributed by atoms with Crippen LogP contribution in [-0.2, 0) is 0 Å². The first-order valence-electron chi connectivity index (χ1n) is 8.54. The van der Waals surface area contributed by atoms with E-state index in [1.54, 1.807) is 38.2 Å². The fourth-order valence-electron chi connectivity index (χ4n) is 2.77. The van der Waals surface area contributed by atoms with Gasteiger partial charge in [-0.25, -0.2) is 0 Å². The molecule has 0 radical (unpaired) electrons. The summed E-state index contributed by atoms with van der Waals surface area (Å²) < 4.78 is 0. The molecule has 1 aromatic heterocycles. The summed E-state index contributed by atoms with van der Waals surface area (Å²) in [4.78, 5) is 25.6. The molecular weight excluding hydrogens is 342 g/mol. The van der Waals surface area contributed by atoms with Gasteiger partial charge in [-0.3, -0.25) is 9.59 Å². The summed E-state index contributed by atoms with van der Waals surface area (Å²) in [5, 5.41) is 14.1. The minimum atomic E-state index is -0.351. The lowest BCUT2D eigenvalue weighted by Gasteiger charge is -2.06. The molecule has 0 spiro atoms. The van der Waals surface area contributed by atoms with Crippen LogP contribution in [0, 0.1) is 20.8 Å². The summed E-state index contributed by atoms with van der Waals surface area (Å²) in [7, 11) is 1.57. The number of rotatable bonds is 4. The van der Waals surface area contributed by atoms with Crippen LogP contribution in [0.25, 0.3) is 5.69 Å². The predicted octanol–water partition coefficient (Wildman–Crippen LogP) is 2.80. The molecule has 2 amide bonds. The van der Waals surface area contributed by atoms with Crippen LogP contribution in [0.2, 0.25) is 0 Å². The summed E-state index contributed by atoms with van der Waals surface area (Å²) in [6, 6.07) is 12.6. The normalized spacial score (nSPS) is 10.5. The highest BCUT2D eigenvalue weighted by Crippen LogP contribution is 2.16. The number of carbonyl (C=O) groups is 2. The van der Waals surface area contributed by atoms with Gasteiger partial charge in [0.05, 0.1) is 11.4 Å². The fraction of sp³-hybridized carbons (Fsp3) is 0.200. The lowest BCUT2D eigenvalue weighted by molar-refractivity contribution is 0.0962. The molecule has 7 heteroatoms. The Bertz CT molecular complexity index is 1010. The Hall–Kier alpha value is -3.48. The van der Waals surface area contributed by atoms with Crippen LogP contribution in [0.15, 0.2) is 42.5 Å². The SMILES string of the molecule is CNC(=O)c1ccc(NC(=O)c2nn(-c3ccc(C)cc3C)nc2C)cc1. The van der Waals surface area contributed by atoms with Crippen LogP contribution >= 0.6 is 0 Å². The van der Waals surface area contributed by atoms with Crippen molar-refractivity contribution in [2.45, 2.75) is 20.8 Å². The van der Waals surface area contributed by atoms with E-state index in [1.807, 2.05) is 32.0 Å². The summed E-state index contributed by atoms with van der Waals surface area (Å²) >= 11 is 0. The van der Waals surface area contributed by atoms with E-state index in [0.29, 0.717) is 16.9 Å². The van der Waals surface area contributed by atoms with Crippen LogP contribution in [0.1, 0.15) is 37.7 Å². The maximum absolute atomic E-state index is 12.6. The van der Waals surface area contributed by atoms with E-state index in [0.717, 1.165) is 16.8 Å². The summed E-state index contributed by atoms with van der Waals surface area (Å²) in [5.41, 5.74) is 4.90. The Balaban J connectivity index is 1.81. The van der Waals surface area contributed by atoms with E-state index in [9.17, 15) is 9.59 Å². The van der Waals surface area contributed by atoms with Crippen molar-refractivity contribution in [2.75, 3.05) is 12.4 Å². The first-order chi connectivity index (χ1) is 12.9. The second-order valence-corrected chi connectivity index (χ2v) is 6.32. The minimum Gasteiger partial charge on any atom is -0.355 e. The van der Waals surface area contributed by atoms with Gasteiger partial charge < -0.3 is 10.6 Å². The number of anilines is 1. The summed E-state index contributed by atoms with van der Waals surface area (Å²) in [6.45, 7) is 5.75. The van der Waals surface area contributed by atoms with Crippen LogP contribution in [0.5, 0.6) is 0 Å². The fourth-order valence-corrected chi connectivity index (χ4v) is 2.77. The van der Waals surface area contributed by atoms with E-state index in [2.05, 4.69) is 20.8 Å². The van der Waals surface area contributed by atoms with Crippen LogP contribution < -0.4 is 10.6 Å². The molecule has 0 fully saturated rings. The third-order valence-electron chi connectivity index (χ3n) is 4.20. The van der Waals surface area contributed by atoms with Gasteiger partial charge >= 0.3 is 0 Å². The van der Waals surface area contributed by atoms with Crippen molar-refractivity contribution < 1.29 is 9.59 Å². The zero-order valence-electron chi connectivity index (χ0n) is 15.7. The number of nitrogens with one attached hydrogen (secondary N) is 2. The number of benzene rings is 2. The maximum Gasteiger partial charge on any atom is 0.278 e. The Kier molecular flexibility index (Phi) is 5.03. The highest BCUT2D eigenvalue weighted by atomic mass is 16.2. The van der Waals surface area contributed by atoms with Crippen LogP contribution in [0.4, 0.5) is 5.69 Å². The number of carbonyl (C=O) groups excluding carboxylic acids is 2. The zero-order chi connectivity index (χ0) is 19.6. The third kappa shape index (κ3) is 3.87. The van der Waals surface area contributed by atoms with Gasteiger partial charge in [-0.15, -0.1) is 5.10 Å². The molecular formula is C20H21N5O2. The molecule has 0 aliphatic rings. The van der Waals surface area contributed by atoms with Gasteiger partial charge in [-0.2, -0.15) is 9.90 Å². The van der Waals surface area contributed by atoms with Gasteiger partial charge in [0, 0.05) is 18.3 Å². The van der Waals surface area contributed by atoms with Crippen molar-refractivity contribution in [3.8, 4) is 5.69 Å². The Labute approximate surface area is 157 Å². The Morgan fingerprint density at radius 2 is 1.63 bits per heavy atom. The van der Waals surface area contributed by atoms with Crippen molar-refractivity contribution in [1.82, 2.24) is 20.3 Å². The van der Waals surface area contributed by atoms with Crippen molar-refractivity contribution in [1.29, 1.82) is 0 Å². The molecule has 0 aliphatic heterocycles. The Morgan fingerprint density at radius 1 is 0.926 bits per heavy atom. The van der Waals surface area contributed by atoms with Crippen molar-refractivity contribution in [3.63, 3.8) is 0 Å². The van der Waals surface area contributed by atoms with Crippen molar-refractivity contribution >= 4 is 17.5 Å². The van der Waals surface area contributed by atoms with Gasteiger partial charge in [0.15, 0.2) is 5.69 Å². The largest absolute Gasteiger partial charge is 0.355 e. The molecule has 0 bridgehead atoms. The average molecular weight is 363 g/mol. The van der Waals surface area contributed by atoms with Crippen molar-refractivity contribution in [3.05, 3.63) is 70.5 Å². The van der Waals surface area contributed by atoms with Gasteiger partial charge in [0.2, 0.25) is 0 Å². The van der Waals surface area contributed by atoms with E-state index >= 15 is 0 Å². The minimum absolute atomic E-state index is 0.180. The maximum atomic E-state index is 12.6. The van der Waals surface area contributed by atoms with Gasteiger partial charge in [0.25, 0.3) is 11.8 Å². The van der Waals surface area contributed by atoms with E-state index in [1.165, 1.54) is 4.80 Å². The topological polar surface area (TPSA) is 88.9 Å². The molecule has 0 unspecified atom stereocenters. The van der Waals surface area contributed by atoms with Gasteiger partial charge in [-0.1, -0.05) is 17.7 Å². The highest BCUT2D eigenvalue weighted by Gasteiger charge is 2.17. The first-order valence-corrected chi connectivity index (χ1v) is 8.54. The first kappa shape index (κ1) is 18.3. The van der Waals surface area contributed by atoms with Gasteiger partial charge in [0.1, 0.15) is 0 Å². The molecule has 0 aliphatic carbocycles. The third-order valence-corrected chi connectivity index (χ3v) is 4.20. The van der Waals surface area contributed by atoms with Crippen LogP contribution in [0.3, 0.4) is 0 Å². The predicted molar refractivity (Wildman–Crippen MR) is 103 cm³/mol. The molecule has 3 aromatic rings. The molecule has 2 N–H and O–H groups in total.